The molecule has 6 heteroatoms. The first-order chi connectivity index (χ1) is 11.3. The number of nitrogens with one attached hydrogen (secondary N) is 1. The lowest BCUT2D eigenvalue weighted by molar-refractivity contribution is -0.120. The molecule has 1 heterocycles. The van der Waals surface area contributed by atoms with Crippen LogP contribution in [0.25, 0.3) is 0 Å². The summed E-state index contributed by atoms with van der Waals surface area (Å²) in [6.07, 6.45) is 2.07. The molecular formula is C18H26N4OS. The second-order valence-corrected chi connectivity index (χ2v) is 6.98. The number of nitrogens with zero attached hydrogens (tertiary/aromatic N) is 3. The van der Waals surface area contributed by atoms with Crippen molar-refractivity contribution in [2.75, 3.05) is 18.6 Å². The number of hydrogen-bond acceptors (Lipinski definition) is 4. The SMILES string of the molecule is CSc1ccc(CN(C)[C@H](C)C(=O)Nc2c(C)nn(C)c2C)cc1. The van der Waals surface area contributed by atoms with Crippen molar-refractivity contribution in [3.8, 4) is 0 Å². The fourth-order valence-electron chi connectivity index (χ4n) is 2.54. The molecule has 0 saturated heterocycles. The molecule has 130 valence electrons. The van der Waals surface area contributed by atoms with Gasteiger partial charge >= 0.3 is 0 Å². The Labute approximate surface area is 148 Å². The van der Waals surface area contributed by atoms with Gasteiger partial charge in [0.2, 0.25) is 5.91 Å². The molecule has 0 radical (unpaired) electrons. The van der Waals surface area contributed by atoms with Crippen molar-refractivity contribution in [1.82, 2.24) is 14.7 Å². The third kappa shape index (κ3) is 4.19. The van der Waals surface area contributed by atoms with Gasteiger partial charge in [-0.2, -0.15) is 5.10 Å². The Morgan fingerprint density at radius 2 is 1.96 bits per heavy atom. The first-order valence-corrected chi connectivity index (χ1v) is 9.20. The second kappa shape index (κ2) is 7.85. The highest BCUT2D eigenvalue weighted by molar-refractivity contribution is 7.98. The van der Waals surface area contributed by atoms with Crippen molar-refractivity contribution in [2.24, 2.45) is 7.05 Å². The first-order valence-electron chi connectivity index (χ1n) is 7.97. The van der Waals surface area contributed by atoms with Gasteiger partial charge in [-0.15, -0.1) is 11.8 Å². The minimum absolute atomic E-state index is 0.0163. The number of hydrogen-bond donors (Lipinski definition) is 1. The van der Waals surface area contributed by atoms with E-state index in [2.05, 4.69) is 40.9 Å². The van der Waals surface area contributed by atoms with E-state index in [1.807, 2.05) is 39.8 Å². The Morgan fingerprint density at radius 3 is 2.46 bits per heavy atom. The van der Waals surface area contributed by atoms with Gasteiger partial charge in [0.1, 0.15) is 0 Å². The summed E-state index contributed by atoms with van der Waals surface area (Å²) < 4.78 is 1.78. The van der Waals surface area contributed by atoms with E-state index in [1.54, 1.807) is 16.4 Å². The van der Waals surface area contributed by atoms with E-state index in [4.69, 9.17) is 0 Å². The topological polar surface area (TPSA) is 50.2 Å². The Morgan fingerprint density at radius 1 is 1.33 bits per heavy atom. The largest absolute Gasteiger partial charge is 0.322 e. The molecule has 1 aromatic heterocycles. The number of anilines is 1. The molecule has 0 bridgehead atoms. The van der Waals surface area contributed by atoms with Crippen LogP contribution in [0, 0.1) is 13.8 Å². The molecule has 2 rings (SSSR count). The van der Waals surface area contributed by atoms with Crippen LogP contribution in [0.1, 0.15) is 23.9 Å². The number of aromatic nitrogens is 2. The normalized spacial score (nSPS) is 12.5. The predicted molar refractivity (Wildman–Crippen MR) is 100 cm³/mol. The van der Waals surface area contributed by atoms with E-state index in [0.29, 0.717) is 0 Å². The highest BCUT2D eigenvalue weighted by atomic mass is 32.2. The van der Waals surface area contributed by atoms with E-state index < -0.39 is 0 Å². The van der Waals surface area contributed by atoms with Crippen LogP contribution in [-0.2, 0) is 18.4 Å². The molecule has 0 unspecified atom stereocenters. The lowest BCUT2D eigenvalue weighted by atomic mass is 10.2. The lowest BCUT2D eigenvalue weighted by Gasteiger charge is -2.24. The smallest absolute Gasteiger partial charge is 0.241 e. The Kier molecular flexibility index (Phi) is 6.07. The minimum Gasteiger partial charge on any atom is -0.322 e. The lowest BCUT2D eigenvalue weighted by Crippen LogP contribution is -2.39. The number of amides is 1. The average molecular weight is 347 g/mol. The highest BCUT2D eigenvalue weighted by Crippen LogP contribution is 2.20. The van der Waals surface area contributed by atoms with E-state index in [-0.39, 0.29) is 11.9 Å². The predicted octanol–water partition coefficient (Wildman–Crippen LogP) is 3.22. The van der Waals surface area contributed by atoms with Crippen LogP contribution in [-0.4, -0.2) is 39.9 Å². The summed E-state index contributed by atoms with van der Waals surface area (Å²) in [5.41, 5.74) is 3.81. The van der Waals surface area contributed by atoms with Crippen molar-refractivity contribution in [2.45, 2.75) is 38.3 Å². The molecule has 0 aliphatic carbocycles. The summed E-state index contributed by atoms with van der Waals surface area (Å²) in [6, 6.07) is 8.22. The van der Waals surface area contributed by atoms with Crippen molar-refractivity contribution in [3.63, 3.8) is 0 Å². The third-order valence-corrected chi connectivity index (χ3v) is 5.13. The van der Waals surface area contributed by atoms with Gasteiger partial charge < -0.3 is 5.32 Å². The summed E-state index contributed by atoms with van der Waals surface area (Å²) in [7, 11) is 3.85. The molecule has 1 atom stereocenters. The standard InChI is InChI=1S/C18H26N4OS/c1-12-17(13(2)22(5)20-12)19-18(23)14(3)21(4)11-15-7-9-16(24-6)10-8-15/h7-10,14H,11H2,1-6H3,(H,19,23)/t14-/m1/s1. The van der Waals surface area contributed by atoms with Gasteiger partial charge in [-0.25, -0.2) is 0 Å². The minimum atomic E-state index is -0.232. The van der Waals surface area contributed by atoms with E-state index in [1.165, 1.54) is 10.5 Å². The van der Waals surface area contributed by atoms with Gasteiger partial charge in [0, 0.05) is 18.5 Å². The molecule has 1 amide bonds. The van der Waals surface area contributed by atoms with Crippen molar-refractivity contribution in [3.05, 3.63) is 41.2 Å². The molecule has 0 spiro atoms. The fourth-order valence-corrected chi connectivity index (χ4v) is 2.95. The average Bonchev–Trinajstić information content (AvgIpc) is 2.81. The summed E-state index contributed by atoms with van der Waals surface area (Å²) in [5, 5.41) is 7.36. The summed E-state index contributed by atoms with van der Waals surface area (Å²) in [6.45, 7) is 6.52. The molecule has 1 aromatic carbocycles. The maximum atomic E-state index is 12.6. The molecule has 1 N–H and O–H groups in total. The van der Waals surface area contributed by atoms with Crippen LogP contribution >= 0.6 is 11.8 Å². The number of aryl methyl sites for hydroxylation is 2. The Balaban J connectivity index is 2.01. The number of rotatable bonds is 6. The number of benzene rings is 1. The molecule has 24 heavy (non-hydrogen) atoms. The van der Waals surface area contributed by atoms with Crippen molar-refractivity contribution < 1.29 is 4.79 Å². The molecular weight excluding hydrogens is 320 g/mol. The van der Waals surface area contributed by atoms with Gasteiger partial charge in [0.05, 0.1) is 23.1 Å². The number of carbonyl (C=O) groups is 1. The van der Waals surface area contributed by atoms with Crippen LogP contribution in [0.4, 0.5) is 5.69 Å². The van der Waals surface area contributed by atoms with Crippen LogP contribution in [0.2, 0.25) is 0 Å². The maximum Gasteiger partial charge on any atom is 0.241 e. The van der Waals surface area contributed by atoms with E-state index in [9.17, 15) is 4.79 Å². The maximum absolute atomic E-state index is 12.6. The number of carbonyl (C=O) groups excluding carboxylic acids is 1. The van der Waals surface area contributed by atoms with Gasteiger partial charge in [0.25, 0.3) is 0 Å². The molecule has 0 saturated carbocycles. The van der Waals surface area contributed by atoms with E-state index >= 15 is 0 Å². The quantitative estimate of drug-likeness (QED) is 0.816. The third-order valence-electron chi connectivity index (χ3n) is 4.39. The van der Waals surface area contributed by atoms with E-state index in [0.717, 1.165) is 23.6 Å². The van der Waals surface area contributed by atoms with Gasteiger partial charge in [0.15, 0.2) is 0 Å². The Bertz CT molecular complexity index is 709. The van der Waals surface area contributed by atoms with Crippen molar-refractivity contribution >= 4 is 23.4 Å². The number of thioether (sulfide) groups is 1. The second-order valence-electron chi connectivity index (χ2n) is 6.10. The zero-order chi connectivity index (χ0) is 17.9. The Hall–Kier alpha value is -1.79. The fraction of sp³-hybridized carbons (Fsp3) is 0.444. The molecule has 0 fully saturated rings. The summed E-state index contributed by atoms with van der Waals surface area (Å²) in [4.78, 5) is 15.9. The molecule has 0 aliphatic heterocycles. The van der Waals surface area contributed by atoms with Gasteiger partial charge in [-0.3, -0.25) is 14.4 Å². The zero-order valence-corrected chi connectivity index (χ0v) is 16.1. The van der Waals surface area contributed by atoms with Crippen LogP contribution in [0.15, 0.2) is 29.2 Å². The first kappa shape index (κ1) is 18.5. The highest BCUT2D eigenvalue weighted by Gasteiger charge is 2.21. The van der Waals surface area contributed by atoms with Gasteiger partial charge in [-0.05, 0) is 51.8 Å². The molecule has 5 nitrogen and oxygen atoms in total. The molecule has 2 aromatic rings. The van der Waals surface area contributed by atoms with Crippen LogP contribution in [0.5, 0.6) is 0 Å². The zero-order valence-electron chi connectivity index (χ0n) is 15.3. The van der Waals surface area contributed by atoms with Crippen molar-refractivity contribution in [1.29, 1.82) is 0 Å². The summed E-state index contributed by atoms with van der Waals surface area (Å²) in [5.74, 6) is -0.0163. The van der Waals surface area contributed by atoms with Gasteiger partial charge in [-0.1, -0.05) is 12.1 Å². The van der Waals surface area contributed by atoms with Crippen LogP contribution in [0.3, 0.4) is 0 Å². The summed E-state index contributed by atoms with van der Waals surface area (Å²) >= 11 is 1.73. The number of likely N-dealkylation sites (N-methyl/N-ethyl adjacent to an activating group) is 1. The molecule has 0 aliphatic rings. The van der Waals surface area contributed by atoms with Crippen LogP contribution < -0.4 is 5.32 Å². The monoisotopic (exact) mass is 346 g/mol.